The third-order valence-corrected chi connectivity index (χ3v) is 3.21. The van der Waals surface area contributed by atoms with E-state index in [9.17, 15) is 5.11 Å². The van der Waals surface area contributed by atoms with E-state index < -0.39 is 31.8 Å². The Morgan fingerprint density at radius 2 is 1.43 bits per heavy atom. The Bertz CT molecular complexity index is 372. The molecule has 1 aromatic rings. The van der Waals surface area contributed by atoms with Crippen molar-refractivity contribution in [1.29, 1.82) is 0 Å². The maximum atomic E-state index is 9.36. The number of aliphatic hydroxyl groups excluding tert-OH is 4. The van der Waals surface area contributed by atoms with Crippen molar-refractivity contribution in [2.45, 2.75) is 26.2 Å². The molecule has 0 unspecified atom stereocenters. The number of phenolic OH excluding ortho intramolecular Hbond substituents is 2. The molecule has 1 aromatic carbocycles. The lowest BCUT2D eigenvalue weighted by Crippen LogP contribution is -2.37. The molecule has 1 rings (SSSR count). The monoisotopic (exact) mass is 302 g/mol. The molecule has 0 saturated heterocycles. The molecule has 6 N–H and O–H groups in total. The minimum absolute atomic E-state index is 0.118. The predicted molar refractivity (Wildman–Crippen MR) is 79.2 cm³/mol. The molecule has 0 fully saturated rings. The molecule has 0 aliphatic carbocycles. The first-order valence-electron chi connectivity index (χ1n) is 6.93. The van der Waals surface area contributed by atoms with Crippen molar-refractivity contribution >= 4 is 0 Å². The Labute approximate surface area is 124 Å². The summed E-state index contributed by atoms with van der Waals surface area (Å²) in [4.78, 5) is 0. The van der Waals surface area contributed by atoms with Crippen molar-refractivity contribution in [2.24, 2.45) is 5.41 Å². The highest BCUT2D eigenvalue weighted by Gasteiger charge is 2.26. The highest BCUT2D eigenvalue weighted by atomic mass is 16.3. The van der Waals surface area contributed by atoms with E-state index in [1.165, 1.54) is 6.07 Å². The standard InChI is InChI=1S/C10H14O2.C5H12O4/c1-2-3-4-8-5-6-9(11)7-10(8)12;6-1-5(2-7,3-8)4-9/h5-7,11-12H,2-4H2,1H3;6-9H,1-4H2. The third kappa shape index (κ3) is 6.77. The van der Waals surface area contributed by atoms with Crippen molar-refractivity contribution in [3.8, 4) is 11.5 Å². The minimum Gasteiger partial charge on any atom is -0.508 e. The van der Waals surface area contributed by atoms with Gasteiger partial charge in [0.15, 0.2) is 0 Å². The topological polar surface area (TPSA) is 121 Å². The number of aromatic hydroxyl groups is 2. The van der Waals surface area contributed by atoms with Gasteiger partial charge in [-0.2, -0.15) is 0 Å². The molecular formula is C15H26O6. The summed E-state index contributed by atoms with van der Waals surface area (Å²) in [6, 6.07) is 4.75. The Kier molecular flexibility index (Phi) is 9.73. The zero-order valence-electron chi connectivity index (χ0n) is 12.4. The third-order valence-electron chi connectivity index (χ3n) is 3.21. The van der Waals surface area contributed by atoms with Gasteiger partial charge < -0.3 is 30.6 Å². The number of rotatable bonds is 7. The quantitative estimate of drug-likeness (QED) is 0.433. The average molecular weight is 302 g/mol. The lowest BCUT2D eigenvalue weighted by molar-refractivity contribution is -0.0328. The lowest BCUT2D eigenvalue weighted by atomic mass is 9.93. The summed E-state index contributed by atoms with van der Waals surface area (Å²) >= 11 is 0. The first kappa shape index (κ1) is 19.7. The summed E-state index contributed by atoms with van der Waals surface area (Å²) < 4.78 is 0. The molecule has 0 aromatic heterocycles. The fourth-order valence-electron chi connectivity index (χ4n) is 1.43. The van der Waals surface area contributed by atoms with Gasteiger partial charge in [0.1, 0.15) is 11.5 Å². The van der Waals surface area contributed by atoms with Crippen LogP contribution in [-0.2, 0) is 6.42 Å². The Balaban J connectivity index is 0.000000400. The van der Waals surface area contributed by atoms with E-state index >= 15 is 0 Å². The van der Waals surface area contributed by atoms with Crippen LogP contribution in [0.15, 0.2) is 18.2 Å². The fourth-order valence-corrected chi connectivity index (χ4v) is 1.43. The summed E-state index contributed by atoms with van der Waals surface area (Å²) in [5, 5.41) is 52.3. The molecule has 0 aliphatic heterocycles. The van der Waals surface area contributed by atoms with Gasteiger partial charge in [0.2, 0.25) is 0 Å². The number of unbranched alkanes of at least 4 members (excludes halogenated alkanes) is 1. The normalized spacial score (nSPS) is 10.9. The van der Waals surface area contributed by atoms with Gasteiger partial charge in [0.25, 0.3) is 0 Å². The van der Waals surface area contributed by atoms with Gasteiger partial charge in [-0.3, -0.25) is 0 Å². The van der Waals surface area contributed by atoms with E-state index in [1.807, 2.05) is 0 Å². The zero-order valence-corrected chi connectivity index (χ0v) is 12.4. The van der Waals surface area contributed by atoms with Gasteiger partial charge in [-0.15, -0.1) is 0 Å². The van der Waals surface area contributed by atoms with E-state index in [0.717, 1.165) is 24.8 Å². The summed E-state index contributed by atoms with van der Waals surface area (Å²) in [5.74, 6) is 0.316. The highest BCUT2D eigenvalue weighted by molar-refractivity contribution is 5.38. The Hall–Kier alpha value is -1.34. The SMILES string of the molecule is CCCCc1ccc(O)cc1O.OCC(CO)(CO)CO. The lowest BCUT2D eigenvalue weighted by Gasteiger charge is -2.23. The molecule has 6 nitrogen and oxygen atoms in total. The molecule has 0 radical (unpaired) electrons. The van der Waals surface area contributed by atoms with Crippen LogP contribution < -0.4 is 0 Å². The van der Waals surface area contributed by atoms with Crippen molar-refractivity contribution in [3.63, 3.8) is 0 Å². The molecule has 0 bridgehead atoms. The molecule has 122 valence electrons. The van der Waals surface area contributed by atoms with E-state index in [1.54, 1.807) is 12.1 Å². The van der Waals surface area contributed by atoms with E-state index in [0.29, 0.717) is 0 Å². The second kappa shape index (κ2) is 10.4. The first-order chi connectivity index (χ1) is 9.98. The predicted octanol–water partition coefficient (Wildman–Crippen LogP) is 0.382. The number of aliphatic hydroxyl groups is 4. The summed E-state index contributed by atoms with van der Waals surface area (Å²) in [6.45, 7) is 0.484. The van der Waals surface area contributed by atoms with Crippen LogP contribution in [0.2, 0.25) is 0 Å². The minimum atomic E-state index is -1.11. The smallest absolute Gasteiger partial charge is 0.122 e. The van der Waals surface area contributed by atoms with Crippen LogP contribution in [0.3, 0.4) is 0 Å². The van der Waals surface area contributed by atoms with Gasteiger partial charge in [-0.05, 0) is 24.5 Å². The Morgan fingerprint density at radius 3 is 1.76 bits per heavy atom. The van der Waals surface area contributed by atoms with Crippen molar-refractivity contribution < 1.29 is 30.6 Å². The van der Waals surface area contributed by atoms with E-state index in [-0.39, 0.29) is 11.5 Å². The van der Waals surface area contributed by atoms with Crippen LogP contribution in [0.25, 0.3) is 0 Å². The van der Waals surface area contributed by atoms with Crippen LogP contribution in [0.4, 0.5) is 0 Å². The van der Waals surface area contributed by atoms with E-state index in [4.69, 9.17) is 25.5 Å². The molecule has 0 heterocycles. The maximum Gasteiger partial charge on any atom is 0.122 e. The molecule has 0 atom stereocenters. The van der Waals surface area contributed by atoms with Crippen LogP contribution in [-0.4, -0.2) is 57.1 Å². The number of hydrogen-bond acceptors (Lipinski definition) is 6. The van der Waals surface area contributed by atoms with Crippen molar-refractivity contribution in [3.05, 3.63) is 23.8 Å². The fraction of sp³-hybridized carbons (Fsp3) is 0.600. The molecule has 0 spiro atoms. The van der Waals surface area contributed by atoms with Crippen molar-refractivity contribution in [2.75, 3.05) is 26.4 Å². The van der Waals surface area contributed by atoms with Gasteiger partial charge in [-0.1, -0.05) is 19.4 Å². The van der Waals surface area contributed by atoms with Gasteiger partial charge in [-0.25, -0.2) is 0 Å². The first-order valence-corrected chi connectivity index (χ1v) is 6.93. The van der Waals surface area contributed by atoms with Crippen LogP contribution in [0, 0.1) is 5.41 Å². The average Bonchev–Trinajstić information content (AvgIpc) is 2.50. The molecule has 21 heavy (non-hydrogen) atoms. The largest absolute Gasteiger partial charge is 0.508 e. The van der Waals surface area contributed by atoms with E-state index in [2.05, 4.69) is 6.92 Å². The summed E-state index contributed by atoms with van der Waals surface area (Å²) in [7, 11) is 0. The van der Waals surface area contributed by atoms with Crippen molar-refractivity contribution in [1.82, 2.24) is 0 Å². The molecular weight excluding hydrogens is 276 g/mol. The summed E-state index contributed by atoms with van der Waals surface area (Å²) in [6.07, 6.45) is 3.06. The molecule has 0 saturated carbocycles. The van der Waals surface area contributed by atoms with Gasteiger partial charge >= 0.3 is 0 Å². The number of benzene rings is 1. The van der Waals surface area contributed by atoms with Crippen LogP contribution in [0.5, 0.6) is 11.5 Å². The second-order valence-electron chi connectivity index (χ2n) is 5.05. The summed E-state index contributed by atoms with van der Waals surface area (Å²) in [5.41, 5.74) is -0.199. The zero-order chi connectivity index (χ0) is 16.3. The second-order valence-corrected chi connectivity index (χ2v) is 5.05. The number of aryl methyl sites for hydroxylation is 1. The number of phenols is 2. The molecule has 0 amide bonds. The van der Waals surface area contributed by atoms with Crippen LogP contribution in [0.1, 0.15) is 25.3 Å². The van der Waals surface area contributed by atoms with Gasteiger partial charge in [0.05, 0.1) is 31.8 Å². The highest BCUT2D eigenvalue weighted by Crippen LogP contribution is 2.23. The molecule has 6 heteroatoms. The Morgan fingerprint density at radius 1 is 0.905 bits per heavy atom. The number of hydrogen-bond donors (Lipinski definition) is 6. The van der Waals surface area contributed by atoms with Crippen LogP contribution >= 0.6 is 0 Å². The van der Waals surface area contributed by atoms with Gasteiger partial charge in [0, 0.05) is 6.07 Å². The maximum absolute atomic E-state index is 9.36. The molecule has 0 aliphatic rings.